The number of carbonyl (C=O) groups excluding carboxylic acids is 1. The third kappa shape index (κ3) is 4.93. The molecule has 0 N–H and O–H groups in total. The number of hydrogen-bond acceptors (Lipinski definition) is 6. The van der Waals surface area contributed by atoms with E-state index >= 15 is 0 Å². The van der Waals surface area contributed by atoms with Crippen molar-refractivity contribution in [1.29, 1.82) is 0 Å². The number of fused-ring (bicyclic) bond motifs is 2. The molecule has 6 rings (SSSR count). The quantitative estimate of drug-likeness (QED) is 0.271. The van der Waals surface area contributed by atoms with Crippen molar-refractivity contribution in [2.24, 2.45) is 0 Å². The number of piperazine rings is 1. The number of aromatic nitrogens is 1. The number of hydrogen-bond donors (Lipinski definition) is 0. The molecule has 7 nitrogen and oxygen atoms in total. The zero-order valence-corrected chi connectivity index (χ0v) is 22.0. The third-order valence-corrected chi connectivity index (χ3v) is 7.43. The second-order valence-electron chi connectivity index (χ2n) is 9.88. The van der Waals surface area contributed by atoms with E-state index in [-0.39, 0.29) is 17.7 Å². The molecule has 198 valence electrons. The van der Waals surface area contributed by atoms with Crippen LogP contribution in [0.4, 0.5) is 5.69 Å². The highest BCUT2D eigenvalue weighted by Crippen LogP contribution is 2.31. The molecule has 39 heavy (non-hydrogen) atoms. The maximum atomic E-state index is 14.1. The van der Waals surface area contributed by atoms with Gasteiger partial charge in [0.2, 0.25) is 0 Å². The number of anilines is 1. The first-order valence-electron chi connectivity index (χ1n) is 13.4. The van der Waals surface area contributed by atoms with Gasteiger partial charge >= 0.3 is 5.97 Å². The number of nitrogens with zero attached hydrogens (tertiary/aromatic N) is 3. The molecule has 3 heterocycles. The molecule has 1 aliphatic heterocycles. The zero-order valence-electron chi connectivity index (χ0n) is 22.0. The van der Waals surface area contributed by atoms with Crippen LogP contribution in [0.2, 0.25) is 0 Å². The van der Waals surface area contributed by atoms with E-state index in [1.807, 2.05) is 54.6 Å². The molecule has 0 unspecified atom stereocenters. The van der Waals surface area contributed by atoms with E-state index in [0.717, 1.165) is 52.6 Å². The molecule has 5 aromatic rings. The Balaban J connectivity index is 1.41. The fraction of sp³-hybridized carbons (Fsp3) is 0.250. The first kappa shape index (κ1) is 24.9. The minimum atomic E-state index is -0.575. The molecule has 0 radical (unpaired) electrons. The lowest BCUT2D eigenvalue weighted by Gasteiger charge is -2.37. The minimum absolute atomic E-state index is 0.107. The lowest BCUT2D eigenvalue weighted by molar-refractivity contribution is 0.0524. The van der Waals surface area contributed by atoms with Gasteiger partial charge in [0, 0.05) is 31.6 Å². The van der Waals surface area contributed by atoms with Crippen LogP contribution in [0.15, 0.2) is 94.3 Å². The zero-order chi connectivity index (χ0) is 26.8. The first-order chi connectivity index (χ1) is 19.1. The number of pyridine rings is 1. The van der Waals surface area contributed by atoms with Crippen LogP contribution in [0.1, 0.15) is 28.6 Å². The van der Waals surface area contributed by atoms with Crippen LogP contribution in [-0.2, 0) is 17.8 Å². The number of esters is 1. The molecular formula is C32H31N3O4. The van der Waals surface area contributed by atoms with Crippen molar-refractivity contribution in [2.45, 2.75) is 20.0 Å². The standard InChI is InChI=1S/C32H31N3O4/c1-2-38-32(37)29-30(34-17-15-33(16-18-34)22-26-10-7-19-39-26)27-11-5-6-12-28(27)35(31(29)36)21-23-13-14-24-8-3-4-9-25(24)20-23/h3-14,19-20H,2,15-18,21-22H2,1H3. The van der Waals surface area contributed by atoms with Gasteiger partial charge < -0.3 is 18.6 Å². The van der Waals surface area contributed by atoms with E-state index in [9.17, 15) is 9.59 Å². The Bertz CT molecular complexity index is 1680. The molecule has 1 fully saturated rings. The Labute approximate surface area is 226 Å². The van der Waals surface area contributed by atoms with Gasteiger partial charge in [-0.05, 0) is 47.5 Å². The molecular weight excluding hydrogens is 490 g/mol. The summed E-state index contributed by atoms with van der Waals surface area (Å²) in [5, 5.41) is 3.13. The molecule has 3 aromatic carbocycles. The van der Waals surface area contributed by atoms with Crippen LogP contribution < -0.4 is 10.5 Å². The summed E-state index contributed by atoms with van der Waals surface area (Å²) in [7, 11) is 0. The number of rotatable bonds is 7. The molecule has 1 aliphatic rings. The fourth-order valence-corrected chi connectivity index (χ4v) is 5.53. The van der Waals surface area contributed by atoms with Crippen molar-refractivity contribution in [2.75, 3.05) is 37.7 Å². The number of ether oxygens (including phenoxy) is 1. The van der Waals surface area contributed by atoms with Gasteiger partial charge in [0.1, 0.15) is 11.3 Å². The van der Waals surface area contributed by atoms with Gasteiger partial charge in [0.25, 0.3) is 5.56 Å². The molecule has 0 saturated carbocycles. The summed E-state index contributed by atoms with van der Waals surface area (Å²) in [5.74, 6) is 0.353. The molecule has 7 heteroatoms. The van der Waals surface area contributed by atoms with Crippen molar-refractivity contribution >= 4 is 33.3 Å². The van der Waals surface area contributed by atoms with Gasteiger partial charge in [0.15, 0.2) is 0 Å². The largest absolute Gasteiger partial charge is 0.468 e. The van der Waals surface area contributed by atoms with E-state index in [0.29, 0.717) is 25.3 Å². The van der Waals surface area contributed by atoms with E-state index < -0.39 is 5.97 Å². The van der Waals surface area contributed by atoms with Crippen LogP contribution in [0, 0.1) is 0 Å². The first-order valence-corrected chi connectivity index (χ1v) is 13.4. The number of benzene rings is 3. The smallest absolute Gasteiger partial charge is 0.345 e. The molecule has 1 saturated heterocycles. The van der Waals surface area contributed by atoms with Gasteiger partial charge in [-0.25, -0.2) is 4.79 Å². The van der Waals surface area contributed by atoms with Crippen LogP contribution in [0.3, 0.4) is 0 Å². The second kappa shape index (κ2) is 10.8. The molecule has 2 aromatic heterocycles. The Morgan fingerprint density at radius 2 is 1.64 bits per heavy atom. The maximum Gasteiger partial charge on any atom is 0.345 e. The van der Waals surface area contributed by atoms with Crippen molar-refractivity contribution in [1.82, 2.24) is 9.47 Å². The summed E-state index contributed by atoms with van der Waals surface area (Å²) in [6.45, 7) is 6.00. The predicted molar refractivity (Wildman–Crippen MR) is 153 cm³/mol. The van der Waals surface area contributed by atoms with Crippen molar-refractivity contribution < 1.29 is 13.9 Å². The Hall–Kier alpha value is -4.36. The van der Waals surface area contributed by atoms with Gasteiger partial charge in [-0.1, -0.05) is 54.6 Å². The molecule has 0 amide bonds. The van der Waals surface area contributed by atoms with Gasteiger partial charge in [-0.2, -0.15) is 0 Å². The van der Waals surface area contributed by atoms with E-state index in [1.54, 1.807) is 17.8 Å². The molecule has 0 spiro atoms. The summed E-state index contributed by atoms with van der Waals surface area (Å²) < 4.78 is 12.7. The number of carbonyl (C=O) groups is 1. The van der Waals surface area contributed by atoms with Crippen LogP contribution >= 0.6 is 0 Å². The normalized spacial score (nSPS) is 14.2. The van der Waals surface area contributed by atoms with E-state index in [4.69, 9.17) is 9.15 Å². The van der Waals surface area contributed by atoms with Crippen molar-refractivity contribution in [3.63, 3.8) is 0 Å². The van der Waals surface area contributed by atoms with Crippen LogP contribution in [0.25, 0.3) is 21.7 Å². The molecule has 0 bridgehead atoms. The molecule has 0 aliphatic carbocycles. The minimum Gasteiger partial charge on any atom is -0.468 e. The average molecular weight is 522 g/mol. The SMILES string of the molecule is CCOC(=O)c1c(N2CCN(Cc3ccco3)CC2)c2ccccc2n(Cc2ccc3ccccc3c2)c1=O. The molecule has 0 atom stereocenters. The predicted octanol–water partition coefficient (Wildman–Crippen LogP) is 5.29. The second-order valence-corrected chi connectivity index (χ2v) is 9.88. The summed E-state index contributed by atoms with van der Waals surface area (Å²) in [6.07, 6.45) is 1.69. The summed E-state index contributed by atoms with van der Waals surface area (Å²) in [4.78, 5) is 31.9. The summed E-state index contributed by atoms with van der Waals surface area (Å²) in [5.41, 5.74) is 2.25. The Morgan fingerprint density at radius 3 is 2.41 bits per heavy atom. The highest BCUT2D eigenvalue weighted by Gasteiger charge is 2.29. The van der Waals surface area contributed by atoms with E-state index in [2.05, 4.69) is 34.1 Å². The third-order valence-electron chi connectivity index (χ3n) is 7.43. The topological polar surface area (TPSA) is 67.9 Å². The van der Waals surface area contributed by atoms with E-state index in [1.165, 1.54) is 0 Å². The summed E-state index contributed by atoms with van der Waals surface area (Å²) in [6, 6.07) is 26.1. The average Bonchev–Trinajstić information content (AvgIpc) is 3.48. The monoisotopic (exact) mass is 521 g/mol. The van der Waals surface area contributed by atoms with Crippen LogP contribution in [-0.4, -0.2) is 48.2 Å². The lowest BCUT2D eigenvalue weighted by Crippen LogP contribution is -2.47. The lowest BCUT2D eigenvalue weighted by atomic mass is 10.0. The Kier molecular flexibility index (Phi) is 6.90. The number of para-hydroxylation sites is 1. The fourth-order valence-electron chi connectivity index (χ4n) is 5.53. The summed E-state index contributed by atoms with van der Waals surface area (Å²) >= 11 is 0. The van der Waals surface area contributed by atoms with Gasteiger partial charge in [0.05, 0.1) is 37.2 Å². The van der Waals surface area contributed by atoms with Crippen molar-refractivity contribution in [3.8, 4) is 0 Å². The van der Waals surface area contributed by atoms with Crippen molar-refractivity contribution in [3.05, 3.63) is 112 Å². The maximum absolute atomic E-state index is 14.1. The Morgan fingerprint density at radius 1 is 0.872 bits per heavy atom. The van der Waals surface area contributed by atoms with Gasteiger partial charge in [-0.15, -0.1) is 0 Å². The van der Waals surface area contributed by atoms with Gasteiger partial charge in [-0.3, -0.25) is 9.69 Å². The highest BCUT2D eigenvalue weighted by molar-refractivity contribution is 6.05. The number of furan rings is 1. The van der Waals surface area contributed by atoms with Crippen LogP contribution in [0.5, 0.6) is 0 Å². The highest BCUT2D eigenvalue weighted by atomic mass is 16.5.